The number of H-pyrrole nitrogens is 1. The zero-order chi connectivity index (χ0) is 86.8. The third kappa shape index (κ3) is 18.6. The van der Waals surface area contributed by atoms with Crippen LogP contribution in [0.5, 0.6) is 0 Å². The average Bonchev–Trinajstić information content (AvgIpc) is 1.57. The van der Waals surface area contributed by atoms with Gasteiger partial charge in [-0.1, -0.05) is 54.6 Å². The molecule has 9 atom stereocenters. The molecule has 3 aliphatic heterocycles. The first-order valence-electron chi connectivity index (χ1n) is 37.7. The topological polar surface area (TPSA) is 306 Å². The van der Waals surface area contributed by atoms with Crippen molar-refractivity contribution in [1.29, 1.82) is 0 Å². The van der Waals surface area contributed by atoms with Crippen molar-refractivity contribution in [1.82, 2.24) is 41.8 Å². The minimum absolute atomic E-state index is 0. The van der Waals surface area contributed by atoms with Gasteiger partial charge in [0.1, 0.15) is 5.65 Å². The Bertz CT molecular complexity index is 6580. The zero-order valence-electron chi connectivity index (χ0n) is 65.7. The van der Waals surface area contributed by atoms with E-state index in [1.54, 1.807) is 79.3 Å². The van der Waals surface area contributed by atoms with Crippen molar-refractivity contribution >= 4 is 127 Å². The Morgan fingerprint density at radius 1 is 0.423 bits per heavy atom. The van der Waals surface area contributed by atoms with Crippen LogP contribution < -0.4 is 49.6 Å². The number of aromatic nitrogens is 6. The molecule has 6 fully saturated rings. The van der Waals surface area contributed by atoms with Crippen molar-refractivity contribution in [3.8, 4) is 0 Å². The number of anilines is 3. The van der Waals surface area contributed by atoms with Gasteiger partial charge in [-0.15, -0.1) is 0 Å². The van der Waals surface area contributed by atoms with Crippen LogP contribution in [0.1, 0.15) is 72.3 Å². The maximum absolute atomic E-state index is 13.4. The standard InChI is InChI=1S/C29H26F3N5O4S2.C23H22F3N5O2S.C22H23N5O2S.C7H4ClF3O2S.Na.H2O.12H2/c1-33-26-16-34-28-25(11-12-37(28)43(40,41)23-8-4-3-5-9-23)27(26)35(2)22-13-19-17-36(18-20(19)14-22)42(38,39)24-10-6-7-21(15-24)29(30,31)32;1-27-20-11-29-22-19(6-7-28-22)21(20)30(2)17-8-14-12-31(13-15(14)9-17)34(32,33)18-5-3-4-16(10-18)23(24,25)26;1-23-20-14-25-22-19(8-9-27(22)30(28,29)18-6-4-3-5-7-18)21(20)26(2)17-10-15-12-24-13-16(15)11-17;8-14(12,13)6-3-1-2-5(4-6)7(9,10)11;;;;;;;;;;;;;;/h3-12,15-16,19-20,22H,13-14,17-18H2,2H3;3-7,10-11,14-15,17H,8-9,12-13H2,2H3,(H,28,29);3-9,14-17,24H,10-13H2,2H3;1-4H;;1H2;12*1H/q;;;;+1;;;;;;;;;;;;;/p-1/t19-,20+,22?;14-,15+,17?;15-,16+,17?;;;;;;;;;;;;;;;. The number of benzene rings is 5. The van der Waals surface area contributed by atoms with Crippen molar-refractivity contribution in [2.24, 2.45) is 35.5 Å². The molecule has 3 unspecified atom stereocenters. The van der Waals surface area contributed by atoms with Crippen LogP contribution in [0, 0.1) is 55.2 Å². The van der Waals surface area contributed by atoms with E-state index < -0.39 is 89.3 Å². The van der Waals surface area contributed by atoms with E-state index in [0.29, 0.717) is 88.0 Å². The Morgan fingerprint density at radius 2 is 0.740 bits per heavy atom. The number of fused-ring (bicyclic) bond motifs is 6. The summed E-state index contributed by atoms with van der Waals surface area (Å²) in [6, 6.07) is 32.9. The van der Waals surface area contributed by atoms with Gasteiger partial charge in [-0.05, 0) is 184 Å². The first-order valence-corrected chi connectivity index (χ1v) is 45.8. The first-order chi connectivity index (χ1) is 57.1. The normalized spacial score (nSPS) is 21.0. The number of rotatable bonds is 15. The van der Waals surface area contributed by atoms with Crippen molar-refractivity contribution < 1.29 is 134 Å². The molecule has 5 aromatic carbocycles. The molecule has 0 amide bonds. The van der Waals surface area contributed by atoms with Gasteiger partial charge in [0.2, 0.25) is 37.1 Å². The summed E-state index contributed by atoms with van der Waals surface area (Å²) in [6.45, 7) is 25.9. The smallest absolute Gasteiger partial charge is 0.870 e. The van der Waals surface area contributed by atoms with Crippen molar-refractivity contribution in [2.45, 2.75) is 99.7 Å². The molecule has 3 aliphatic carbocycles. The second kappa shape index (κ2) is 35.7. The van der Waals surface area contributed by atoms with E-state index in [0.717, 1.165) is 102 Å². The summed E-state index contributed by atoms with van der Waals surface area (Å²) in [7, 11) is -9.27. The minimum atomic E-state index is -4.65. The molecule has 9 heterocycles. The number of aromatic amines is 1. The zero-order valence-corrected chi connectivity index (χ0v) is 72.6. The van der Waals surface area contributed by atoms with Gasteiger partial charge < -0.3 is 30.5 Å². The third-order valence-corrected chi connectivity index (χ3v) is 31.9. The molecule has 0 spiro atoms. The van der Waals surface area contributed by atoms with Crippen molar-refractivity contribution in [3.05, 3.63) is 240 Å². The maximum atomic E-state index is 13.4. The summed E-state index contributed by atoms with van der Waals surface area (Å²) in [5.74, 6) is 1.51. The number of sulfonamides is 2. The number of nitrogens with one attached hydrogen (secondary N) is 2. The number of alkyl halides is 9. The summed E-state index contributed by atoms with van der Waals surface area (Å²) < 4.78 is 247. The van der Waals surface area contributed by atoms with Gasteiger partial charge in [0.05, 0.1) is 77.9 Å². The number of hydrogen-bond donors (Lipinski definition) is 2. The quantitative estimate of drug-likeness (QED) is 0.0417. The predicted octanol–water partition coefficient (Wildman–Crippen LogP) is 15.7. The molecule has 3 saturated carbocycles. The average molecular weight is 1850 g/mol. The number of pyridine rings is 3. The predicted molar refractivity (Wildman–Crippen MR) is 463 cm³/mol. The van der Waals surface area contributed by atoms with Crippen LogP contribution in [0.2, 0.25) is 0 Å². The van der Waals surface area contributed by atoms with Gasteiger partial charge in [-0.2, -0.15) is 48.1 Å². The minimum Gasteiger partial charge on any atom is -0.870 e. The second-order valence-corrected chi connectivity index (χ2v) is 40.5. The molecule has 6 aliphatic rings. The number of hydrogen-bond acceptors (Lipinski definition) is 18. The fourth-order valence-electron chi connectivity index (χ4n) is 17.5. The first kappa shape index (κ1) is 92.5. The summed E-state index contributed by atoms with van der Waals surface area (Å²) in [5.41, 5.74) is 1.51. The van der Waals surface area contributed by atoms with Crippen LogP contribution in [0.25, 0.3) is 47.6 Å². The molecule has 17 rings (SSSR count). The van der Waals surface area contributed by atoms with Gasteiger partial charge in [0.15, 0.2) is 11.3 Å². The second-order valence-electron chi connectivity index (χ2n) is 30.5. The van der Waals surface area contributed by atoms with E-state index in [9.17, 15) is 81.6 Å². The largest absolute Gasteiger partial charge is 1.00 e. The molecule has 42 heteroatoms. The number of halogens is 10. The van der Waals surface area contributed by atoms with Gasteiger partial charge in [0, 0.05) is 147 Å². The SMILES string of the molecule is O=S(=O)(Cl)c1cccc(C(F)(F)F)c1.[C-]#[N+]c1cnc2[nH]ccc2c1N(C)C1C[C@@H]2CN(S(=O)(=O)c3cccc(C(F)(F)F)c3)C[C@@H]2C1.[C-]#[N+]c1cnc2c(ccn2S(=O)(=O)c2ccccc2)c1N(C)C1C[C@@H]2CN(S(=O)(=O)c3cccc(C(F)(F)F)c3)C[C@@H]2C1.[C-]#[N+]c1cnc2c(ccn2S(=O)(=O)c2ccccc2)c1N(C)C1C[C@H]2CNC[C@H]2C1.[HH].[HH].[HH].[HH].[HH].[HH].[HH].[HH].[HH].[HH].[HH].[HH].[Na+].[OH-]. The van der Waals surface area contributed by atoms with E-state index in [1.807, 2.05) is 32.1 Å². The Kier molecular flexibility index (Phi) is 26.9. The van der Waals surface area contributed by atoms with Gasteiger partial charge in [0.25, 0.3) is 29.1 Å². The van der Waals surface area contributed by atoms with E-state index in [4.69, 9.17) is 30.4 Å². The van der Waals surface area contributed by atoms with Crippen LogP contribution in [0.15, 0.2) is 213 Å². The molecule has 6 aromatic heterocycles. The van der Waals surface area contributed by atoms with E-state index in [1.165, 1.54) is 55.4 Å². The summed E-state index contributed by atoms with van der Waals surface area (Å²) in [6.07, 6.45) is 0.153. The van der Waals surface area contributed by atoms with Gasteiger partial charge in [-0.3, -0.25) is 4.98 Å². The van der Waals surface area contributed by atoms with Crippen molar-refractivity contribution in [2.75, 3.05) is 75.1 Å². The molecule has 0 radical (unpaired) electrons. The fraction of sp³-hybridized carbons (Fsp3) is 0.333. The van der Waals surface area contributed by atoms with Crippen LogP contribution in [0.3, 0.4) is 0 Å². The molecule has 0 bridgehead atoms. The fourth-order valence-corrected chi connectivity index (χ4v) is 24.1. The third-order valence-electron chi connectivity index (χ3n) is 23.5. The Balaban J connectivity index is 0.00000179. The molecular formula is C81H100ClF9N15NaO11S5. The van der Waals surface area contributed by atoms with Crippen LogP contribution in [0.4, 0.5) is 73.6 Å². The van der Waals surface area contributed by atoms with E-state index >= 15 is 0 Å². The summed E-state index contributed by atoms with van der Waals surface area (Å²) >= 11 is 0. The van der Waals surface area contributed by atoms with Gasteiger partial charge in [-0.25, -0.2) is 74.5 Å². The molecular weight excluding hydrogens is 1750 g/mol. The van der Waals surface area contributed by atoms with E-state index in [-0.39, 0.29) is 145 Å². The molecule has 26 nitrogen and oxygen atoms in total. The van der Waals surface area contributed by atoms with Gasteiger partial charge >= 0.3 is 48.1 Å². The Morgan fingerprint density at radius 3 is 1.08 bits per heavy atom. The maximum Gasteiger partial charge on any atom is 1.00 e. The van der Waals surface area contributed by atoms with Crippen LogP contribution in [-0.2, 0) is 67.7 Å². The molecule has 3 N–H and O–H groups in total. The monoisotopic (exact) mass is 1850 g/mol. The van der Waals surface area contributed by atoms with Crippen molar-refractivity contribution in [3.63, 3.8) is 0 Å². The molecule has 11 aromatic rings. The molecule has 3 saturated heterocycles. The van der Waals surface area contributed by atoms with Crippen LogP contribution in [-0.4, -0.2) is 163 Å². The van der Waals surface area contributed by atoms with E-state index in [2.05, 4.69) is 49.6 Å². The molecule has 123 heavy (non-hydrogen) atoms. The van der Waals surface area contributed by atoms with Crippen LogP contribution >= 0.6 is 10.7 Å². The molecule has 666 valence electrons. The number of nitrogens with zero attached hydrogens (tertiary/aromatic N) is 13. The Hall–Kier alpha value is -9.71. The summed E-state index contributed by atoms with van der Waals surface area (Å²) in [5, 5.41) is 5.52. The summed E-state index contributed by atoms with van der Waals surface area (Å²) in [4.78, 5) is 32.2. The Labute approximate surface area is 747 Å².